The SMILES string of the molecule is CN=C(NCc1ccc(C)s1)NCC(C(C)C)N1CCCC1. The van der Waals surface area contributed by atoms with Gasteiger partial charge in [0.25, 0.3) is 0 Å². The van der Waals surface area contributed by atoms with Crippen molar-refractivity contribution in [3.05, 3.63) is 21.9 Å². The Kier molecular flexibility index (Phi) is 6.70. The highest BCUT2D eigenvalue weighted by Crippen LogP contribution is 2.17. The van der Waals surface area contributed by atoms with Crippen molar-refractivity contribution in [3.63, 3.8) is 0 Å². The molecule has 1 aromatic rings. The smallest absolute Gasteiger partial charge is 0.191 e. The van der Waals surface area contributed by atoms with Crippen molar-refractivity contribution in [1.82, 2.24) is 15.5 Å². The average molecular weight is 323 g/mol. The van der Waals surface area contributed by atoms with Crippen LogP contribution in [-0.2, 0) is 6.54 Å². The summed E-state index contributed by atoms with van der Waals surface area (Å²) in [6.45, 7) is 11.1. The van der Waals surface area contributed by atoms with Crippen LogP contribution in [0.3, 0.4) is 0 Å². The number of nitrogens with zero attached hydrogens (tertiary/aromatic N) is 2. The van der Waals surface area contributed by atoms with Gasteiger partial charge in [-0.15, -0.1) is 11.3 Å². The number of nitrogens with one attached hydrogen (secondary N) is 2. The van der Waals surface area contributed by atoms with Crippen molar-refractivity contribution in [3.8, 4) is 0 Å². The molecule has 2 rings (SSSR count). The van der Waals surface area contributed by atoms with E-state index in [0.717, 1.165) is 19.0 Å². The summed E-state index contributed by atoms with van der Waals surface area (Å²) in [7, 11) is 1.84. The van der Waals surface area contributed by atoms with Crippen molar-refractivity contribution in [2.24, 2.45) is 10.9 Å². The van der Waals surface area contributed by atoms with Crippen LogP contribution in [0.15, 0.2) is 17.1 Å². The Hall–Kier alpha value is -1.07. The summed E-state index contributed by atoms with van der Waals surface area (Å²) in [6.07, 6.45) is 2.68. The molecule has 2 N–H and O–H groups in total. The maximum absolute atomic E-state index is 4.35. The van der Waals surface area contributed by atoms with Crippen LogP contribution in [0.4, 0.5) is 0 Å². The van der Waals surface area contributed by atoms with Crippen LogP contribution in [0.2, 0.25) is 0 Å². The molecule has 0 radical (unpaired) electrons. The number of aliphatic imine (C=N–C) groups is 1. The second kappa shape index (κ2) is 8.53. The van der Waals surface area contributed by atoms with Crippen LogP contribution in [0.25, 0.3) is 0 Å². The van der Waals surface area contributed by atoms with E-state index in [1.807, 2.05) is 18.4 Å². The Bertz CT molecular complexity index is 475. The highest BCUT2D eigenvalue weighted by Gasteiger charge is 2.24. The second-order valence-corrected chi connectivity index (χ2v) is 7.75. The molecule has 1 aliphatic rings. The predicted molar refractivity (Wildman–Crippen MR) is 96.7 cm³/mol. The van der Waals surface area contributed by atoms with Crippen molar-refractivity contribution in [2.75, 3.05) is 26.7 Å². The second-order valence-electron chi connectivity index (χ2n) is 6.37. The first-order valence-electron chi connectivity index (χ1n) is 8.34. The fourth-order valence-corrected chi connectivity index (χ4v) is 3.86. The summed E-state index contributed by atoms with van der Waals surface area (Å²) in [5.74, 6) is 1.56. The largest absolute Gasteiger partial charge is 0.355 e. The Balaban J connectivity index is 1.81. The zero-order chi connectivity index (χ0) is 15.9. The molecule has 4 nitrogen and oxygen atoms in total. The lowest BCUT2D eigenvalue weighted by atomic mass is 10.0. The molecule has 1 fully saturated rings. The highest BCUT2D eigenvalue weighted by molar-refractivity contribution is 7.11. The van der Waals surface area contributed by atoms with Crippen LogP contribution in [-0.4, -0.2) is 43.6 Å². The minimum Gasteiger partial charge on any atom is -0.355 e. The molecular weight excluding hydrogens is 292 g/mol. The van der Waals surface area contributed by atoms with Gasteiger partial charge in [-0.05, 0) is 50.9 Å². The molecule has 0 bridgehead atoms. The summed E-state index contributed by atoms with van der Waals surface area (Å²) in [5, 5.41) is 6.92. The normalized spacial score (nSPS) is 18.0. The van der Waals surface area contributed by atoms with Crippen molar-refractivity contribution in [1.29, 1.82) is 0 Å². The third-order valence-electron chi connectivity index (χ3n) is 4.31. The van der Waals surface area contributed by atoms with E-state index in [1.165, 1.54) is 35.7 Å². The zero-order valence-corrected chi connectivity index (χ0v) is 15.2. The van der Waals surface area contributed by atoms with Gasteiger partial charge in [0.15, 0.2) is 5.96 Å². The first-order chi connectivity index (χ1) is 10.6. The Labute approximate surface area is 139 Å². The van der Waals surface area contributed by atoms with Gasteiger partial charge in [0.2, 0.25) is 0 Å². The summed E-state index contributed by atoms with van der Waals surface area (Å²) >= 11 is 1.84. The fourth-order valence-electron chi connectivity index (χ4n) is 3.03. The molecule has 2 heterocycles. The number of hydrogen-bond donors (Lipinski definition) is 2. The first kappa shape index (κ1) is 17.3. The van der Waals surface area contributed by atoms with Gasteiger partial charge in [0, 0.05) is 29.4 Å². The maximum atomic E-state index is 4.35. The van der Waals surface area contributed by atoms with Gasteiger partial charge >= 0.3 is 0 Å². The van der Waals surface area contributed by atoms with Gasteiger partial charge in [-0.25, -0.2) is 0 Å². The highest BCUT2D eigenvalue weighted by atomic mass is 32.1. The van der Waals surface area contributed by atoms with E-state index in [1.54, 1.807) is 0 Å². The van der Waals surface area contributed by atoms with Gasteiger partial charge in [0.1, 0.15) is 0 Å². The van der Waals surface area contributed by atoms with Crippen molar-refractivity contribution in [2.45, 2.75) is 46.2 Å². The van der Waals surface area contributed by atoms with Crippen LogP contribution >= 0.6 is 11.3 Å². The fraction of sp³-hybridized carbons (Fsp3) is 0.706. The molecule has 0 aromatic carbocycles. The van der Waals surface area contributed by atoms with Gasteiger partial charge in [0.05, 0.1) is 6.54 Å². The molecule has 1 saturated heterocycles. The lowest BCUT2D eigenvalue weighted by molar-refractivity contribution is 0.192. The molecule has 0 spiro atoms. The van der Waals surface area contributed by atoms with E-state index in [4.69, 9.17) is 0 Å². The quantitative estimate of drug-likeness (QED) is 0.625. The standard InChI is InChI=1S/C17H30N4S/c1-13(2)16(21-9-5-6-10-21)12-20-17(18-4)19-11-15-8-7-14(3)22-15/h7-8,13,16H,5-6,9-12H2,1-4H3,(H2,18,19,20). The molecule has 22 heavy (non-hydrogen) atoms. The maximum Gasteiger partial charge on any atom is 0.191 e. The van der Waals surface area contributed by atoms with Gasteiger partial charge in [-0.2, -0.15) is 0 Å². The van der Waals surface area contributed by atoms with E-state index in [9.17, 15) is 0 Å². The number of thiophene rings is 1. The summed E-state index contributed by atoms with van der Waals surface area (Å²) in [4.78, 5) is 9.67. The number of hydrogen-bond acceptors (Lipinski definition) is 3. The lowest BCUT2D eigenvalue weighted by Crippen LogP contribution is -2.48. The molecule has 0 saturated carbocycles. The summed E-state index contributed by atoms with van der Waals surface area (Å²) in [5.41, 5.74) is 0. The molecule has 5 heteroatoms. The molecule has 1 atom stereocenters. The van der Waals surface area contributed by atoms with E-state index in [-0.39, 0.29) is 0 Å². The number of likely N-dealkylation sites (tertiary alicyclic amines) is 1. The number of aryl methyl sites for hydroxylation is 1. The van der Waals surface area contributed by atoms with Crippen molar-refractivity contribution >= 4 is 17.3 Å². The monoisotopic (exact) mass is 322 g/mol. The van der Waals surface area contributed by atoms with Crippen LogP contribution in [0, 0.1) is 12.8 Å². The molecular formula is C17H30N4S. The minimum atomic E-state index is 0.588. The third kappa shape index (κ3) is 4.99. The molecule has 1 aromatic heterocycles. The molecule has 1 aliphatic heterocycles. The van der Waals surface area contributed by atoms with Crippen LogP contribution < -0.4 is 10.6 Å². The van der Waals surface area contributed by atoms with E-state index >= 15 is 0 Å². The average Bonchev–Trinajstić information content (AvgIpc) is 3.14. The zero-order valence-electron chi connectivity index (χ0n) is 14.4. The van der Waals surface area contributed by atoms with Crippen LogP contribution in [0.5, 0.6) is 0 Å². The molecule has 124 valence electrons. The van der Waals surface area contributed by atoms with Gasteiger partial charge < -0.3 is 10.6 Å². The Morgan fingerprint density at radius 3 is 2.55 bits per heavy atom. The van der Waals surface area contributed by atoms with E-state index < -0.39 is 0 Å². The topological polar surface area (TPSA) is 39.7 Å². The van der Waals surface area contributed by atoms with E-state index in [0.29, 0.717) is 12.0 Å². The predicted octanol–water partition coefficient (Wildman–Crippen LogP) is 2.84. The Morgan fingerprint density at radius 2 is 2.00 bits per heavy atom. The molecule has 0 aliphatic carbocycles. The molecule has 1 unspecified atom stereocenters. The lowest BCUT2D eigenvalue weighted by Gasteiger charge is -2.31. The van der Waals surface area contributed by atoms with Gasteiger partial charge in [-0.3, -0.25) is 9.89 Å². The van der Waals surface area contributed by atoms with E-state index in [2.05, 4.69) is 53.4 Å². The van der Waals surface area contributed by atoms with Crippen LogP contribution in [0.1, 0.15) is 36.4 Å². The number of guanidine groups is 1. The minimum absolute atomic E-state index is 0.588. The summed E-state index contributed by atoms with van der Waals surface area (Å²) in [6, 6.07) is 4.94. The molecule has 0 amide bonds. The third-order valence-corrected chi connectivity index (χ3v) is 5.31. The summed E-state index contributed by atoms with van der Waals surface area (Å²) < 4.78 is 0. The first-order valence-corrected chi connectivity index (χ1v) is 9.15. The Morgan fingerprint density at radius 1 is 1.27 bits per heavy atom. The van der Waals surface area contributed by atoms with Gasteiger partial charge in [-0.1, -0.05) is 13.8 Å². The van der Waals surface area contributed by atoms with Crippen molar-refractivity contribution < 1.29 is 0 Å². The number of rotatable bonds is 6.